The molecule has 4 heterocycles. The van der Waals surface area contributed by atoms with Crippen molar-refractivity contribution in [1.29, 1.82) is 0 Å². The van der Waals surface area contributed by atoms with E-state index in [-0.39, 0.29) is 5.91 Å². The minimum absolute atomic E-state index is 0.159. The van der Waals surface area contributed by atoms with E-state index in [0.717, 1.165) is 43.3 Å². The molecule has 1 atom stereocenters. The number of hydrogen-bond donors (Lipinski definition) is 1. The number of halogens is 1. The normalized spacial score (nSPS) is 20.4. The number of anilines is 1. The number of carbonyl (C=O) groups is 1. The largest absolute Gasteiger partial charge is 0.352 e. The van der Waals surface area contributed by atoms with Gasteiger partial charge in [0, 0.05) is 43.2 Å². The van der Waals surface area contributed by atoms with Crippen LogP contribution in [-0.4, -0.2) is 44.5 Å². The first-order valence-electron chi connectivity index (χ1n) is 10.5. The van der Waals surface area contributed by atoms with Gasteiger partial charge < -0.3 is 14.6 Å². The van der Waals surface area contributed by atoms with Gasteiger partial charge in [0.2, 0.25) is 0 Å². The molecule has 2 aromatic heterocycles. The Bertz CT molecular complexity index is 1060. The number of nitrogens with one attached hydrogen (secondary N) is 1. The molecule has 160 valence electrons. The first-order chi connectivity index (χ1) is 15.1. The van der Waals surface area contributed by atoms with Crippen LogP contribution < -0.4 is 5.32 Å². The highest BCUT2D eigenvalue weighted by Gasteiger charge is 2.47. The summed E-state index contributed by atoms with van der Waals surface area (Å²) in [5.74, 6) is 0.758. The molecule has 1 spiro atoms. The van der Waals surface area contributed by atoms with E-state index in [2.05, 4.69) is 30.8 Å². The molecule has 1 saturated heterocycles. The van der Waals surface area contributed by atoms with Gasteiger partial charge in [-0.1, -0.05) is 23.7 Å². The minimum Gasteiger partial charge on any atom is -0.352 e. The van der Waals surface area contributed by atoms with Crippen LogP contribution in [0.5, 0.6) is 0 Å². The number of fused-ring (bicyclic) bond motifs is 2. The van der Waals surface area contributed by atoms with Gasteiger partial charge in [-0.05, 0) is 42.7 Å². The van der Waals surface area contributed by atoms with Crippen LogP contribution in [0, 0.1) is 0 Å². The maximum Gasteiger partial charge on any atom is 0.255 e. The van der Waals surface area contributed by atoms with E-state index in [9.17, 15) is 4.79 Å². The lowest BCUT2D eigenvalue weighted by Gasteiger charge is -2.45. The van der Waals surface area contributed by atoms with Crippen molar-refractivity contribution >= 4 is 23.2 Å². The number of ether oxygens (including phenoxy) is 1. The lowest BCUT2D eigenvalue weighted by atomic mass is 9.88. The minimum atomic E-state index is -0.582. The number of benzene rings is 1. The third-order valence-corrected chi connectivity index (χ3v) is 6.27. The Labute approximate surface area is 186 Å². The number of imidazole rings is 1. The Morgan fingerprint density at radius 1 is 1.23 bits per heavy atom. The highest BCUT2D eigenvalue weighted by Crippen LogP contribution is 2.40. The van der Waals surface area contributed by atoms with Crippen LogP contribution in [0.4, 0.5) is 5.69 Å². The van der Waals surface area contributed by atoms with Crippen molar-refractivity contribution in [2.45, 2.75) is 37.6 Å². The second kappa shape index (κ2) is 8.42. The van der Waals surface area contributed by atoms with Gasteiger partial charge in [0.25, 0.3) is 5.91 Å². The fraction of sp³-hybridized carbons (Fsp3) is 0.348. The first kappa shape index (κ1) is 20.2. The molecule has 1 unspecified atom stereocenters. The van der Waals surface area contributed by atoms with Crippen LogP contribution in [0.25, 0.3) is 0 Å². The Morgan fingerprint density at radius 2 is 2.10 bits per heavy atom. The van der Waals surface area contributed by atoms with Gasteiger partial charge in [0.15, 0.2) is 6.10 Å². The van der Waals surface area contributed by atoms with E-state index in [4.69, 9.17) is 16.3 Å². The molecule has 0 bridgehead atoms. The van der Waals surface area contributed by atoms with Gasteiger partial charge in [0.1, 0.15) is 11.4 Å². The molecule has 1 N–H and O–H groups in total. The maximum absolute atomic E-state index is 12.9. The van der Waals surface area contributed by atoms with Gasteiger partial charge in [-0.15, -0.1) is 0 Å². The Kier molecular flexibility index (Phi) is 5.48. The predicted molar refractivity (Wildman–Crippen MR) is 118 cm³/mol. The molecular formula is C23H24ClN5O2. The molecular weight excluding hydrogens is 414 g/mol. The van der Waals surface area contributed by atoms with Crippen molar-refractivity contribution in [3.05, 3.63) is 77.6 Å². The van der Waals surface area contributed by atoms with Gasteiger partial charge in [-0.3, -0.25) is 14.7 Å². The Balaban J connectivity index is 1.30. The van der Waals surface area contributed by atoms with Crippen molar-refractivity contribution in [2.75, 3.05) is 18.4 Å². The number of aromatic nitrogens is 3. The SMILES string of the molecule is O=C(Nc1cccnc1)C1Cn2ccnc2C2(CCN(Cc3cccc(Cl)c3)CC2)O1. The summed E-state index contributed by atoms with van der Waals surface area (Å²) in [4.78, 5) is 24.0. The molecule has 2 aliphatic rings. The van der Waals surface area contributed by atoms with E-state index in [1.165, 1.54) is 5.56 Å². The molecule has 7 nitrogen and oxygen atoms in total. The predicted octanol–water partition coefficient (Wildman–Crippen LogP) is 3.46. The van der Waals surface area contributed by atoms with Crippen LogP contribution in [0.2, 0.25) is 5.02 Å². The molecule has 0 aliphatic carbocycles. The zero-order valence-electron chi connectivity index (χ0n) is 17.1. The highest BCUT2D eigenvalue weighted by atomic mass is 35.5. The van der Waals surface area contributed by atoms with Crippen molar-refractivity contribution in [2.24, 2.45) is 0 Å². The molecule has 0 radical (unpaired) electrons. The number of amides is 1. The number of likely N-dealkylation sites (tertiary alicyclic amines) is 1. The number of piperidine rings is 1. The number of pyridine rings is 1. The van der Waals surface area contributed by atoms with Gasteiger partial charge in [-0.2, -0.15) is 0 Å². The number of carbonyl (C=O) groups excluding carboxylic acids is 1. The lowest BCUT2D eigenvalue weighted by Crippen LogP contribution is -2.53. The van der Waals surface area contributed by atoms with Gasteiger partial charge in [0.05, 0.1) is 18.4 Å². The summed E-state index contributed by atoms with van der Waals surface area (Å²) in [5, 5.41) is 3.68. The monoisotopic (exact) mass is 437 g/mol. The summed E-state index contributed by atoms with van der Waals surface area (Å²) in [6.07, 6.45) is 8.01. The average Bonchev–Trinajstić information content (AvgIpc) is 3.26. The number of rotatable bonds is 4. The summed E-state index contributed by atoms with van der Waals surface area (Å²) in [6, 6.07) is 11.6. The van der Waals surface area contributed by atoms with Crippen LogP contribution in [0.15, 0.2) is 61.2 Å². The molecule has 31 heavy (non-hydrogen) atoms. The van der Waals surface area contributed by atoms with Crippen LogP contribution >= 0.6 is 11.6 Å². The Morgan fingerprint density at radius 3 is 2.87 bits per heavy atom. The third kappa shape index (κ3) is 4.21. The first-order valence-corrected chi connectivity index (χ1v) is 10.9. The molecule has 1 aromatic carbocycles. The van der Waals surface area contributed by atoms with Crippen LogP contribution in [-0.2, 0) is 28.2 Å². The molecule has 5 rings (SSSR count). The zero-order chi connectivity index (χ0) is 21.3. The summed E-state index contributed by atoms with van der Waals surface area (Å²) in [6.45, 7) is 3.01. The van der Waals surface area contributed by atoms with Crippen molar-refractivity contribution < 1.29 is 9.53 Å². The standard InChI is InChI=1S/C23H24ClN5O2/c24-18-4-1-3-17(13-18)15-28-10-6-23(7-11-28)22-26-9-12-29(22)16-20(31-23)21(30)27-19-5-2-8-25-14-19/h1-5,8-9,12-14,20H,6-7,10-11,15-16H2,(H,27,30). The molecule has 8 heteroatoms. The summed E-state index contributed by atoms with van der Waals surface area (Å²) in [5.41, 5.74) is 1.31. The Hall–Kier alpha value is -2.74. The van der Waals surface area contributed by atoms with Crippen LogP contribution in [0.3, 0.4) is 0 Å². The number of nitrogens with zero attached hydrogens (tertiary/aromatic N) is 4. The molecule has 3 aromatic rings. The molecule has 1 fully saturated rings. The molecule has 0 saturated carbocycles. The fourth-order valence-electron chi connectivity index (χ4n) is 4.50. The summed E-state index contributed by atoms with van der Waals surface area (Å²) < 4.78 is 8.55. The van der Waals surface area contributed by atoms with E-state index >= 15 is 0 Å². The third-order valence-electron chi connectivity index (χ3n) is 6.03. The highest BCUT2D eigenvalue weighted by molar-refractivity contribution is 6.30. The fourth-order valence-corrected chi connectivity index (χ4v) is 4.71. The van der Waals surface area contributed by atoms with Gasteiger partial charge >= 0.3 is 0 Å². The van der Waals surface area contributed by atoms with E-state index in [1.54, 1.807) is 24.7 Å². The second-order valence-corrected chi connectivity index (χ2v) is 8.58. The van der Waals surface area contributed by atoms with E-state index in [0.29, 0.717) is 12.2 Å². The lowest BCUT2D eigenvalue weighted by molar-refractivity contribution is -0.170. The second-order valence-electron chi connectivity index (χ2n) is 8.14. The average molecular weight is 438 g/mol. The molecule has 1 amide bonds. The van der Waals surface area contributed by atoms with Crippen molar-refractivity contribution in [1.82, 2.24) is 19.4 Å². The van der Waals surface area contributed by atoms with E-state index < -0.39 is 11.7 Å². The smallest absolute Gasteiger partial charge is 0.255 e. The molecule has 2 aliphatic heterocycles. The summed E-state index contributed by atoms with van der Waals surface area (Å²) in [7, 11) is 0. The topological polar surface area (TPSA) is 72.3 Å². The van der Waals surface area contributed by atoms with Crippen molar-refractivity contribution in [3.8, 4) is 0 Å². The quantitative estimate of drug-likeness (QED) is 0.676. The van der Waals surface area contributed by atoms with Gasteiger partial charge in [-0.25, -0.2) is 4.98 Å². The summed E-state index contributed by atoms with van der Waals surface area (Å²) >= 11 is 6.14. The van der Waals surface area contributed by atoms with Crippen molar-refractivity contribution in [3.63, 3.8) is 0 Å². The maximum atomic E-state index is 12.9. The van der Waals surface area contributed by atoms with Crippen LogP contribution in [0.1, 0.15) is 24.2 Å². The zero-order valence-corrected chi connectivity index (χ0v) is 17.8. The van der Waals surface area contributed by atoms with E-state index in [1.807, 2.05) is 30.5 Å². The number of hydrogen-bond acceptors (Lipinski definition) is 5.